The highest BCUT2D eigenvalue weighted by atomic mass is 19.4. The highest BCUT2D eigenvalue weighted by molar-refractivity contribution is 5.99. The van der Waals surface area contributed by atoms with Gasteiger partial charge in [0.25, 0.3) is 0 Å². The number of nitrogens with zero attached hydrogens (tertiary/aromatic N) is 2. The zero-order valence-electron chi connectivity index (χ0n) is 16.3. The van der Waals surface area contributed by atoms with Crippen LogP contribution in [0, 0.1) is 6.92 Å². The molecule has 3 rings (SSSR count). The molecule has 0 aliphatic rings. The first-order valence-corrected chi connectivity index (χ1v) is 8.71. The van der Waals surface area contributed by atoms with E-state index in [1.807, 2.05) is 0 Å². The minimum atomic E-state index is -4.97. The number of rotatable bonds is 5. The van der Waals surface area contributed by atoms with Crippen LogP contribution < -0.4 is 14.4 Å². The van der Waals surface area contributed by atoms with Gasteiger partial charge in [-0.25, -0.2) is 4.98 Å². The first kappa shape index (κ1) is 20.5. The van der Waals surface area contributed by atoms with Gasteiger partial charge in [0, 0.05) is 23.9 Å². The van der Waals surface area contributed by atoms with Crippen molar-refractivity contribution in [2.45, 2.75) is 20.0 Å². The lowest BCUT2D eigenvalue weighted by atomic mass is 10.1. The minimum Gasteiger partial charge on any atom is -0.497 e. The summed E-state index contributed by atoms with van der Waals surface area (Å²) in [4.78, 5) is 16.8. The third kappa shape index (κ3) is 3.98. The molecule has 2 aromatic carbocycles. The minimum absolute atomic E-state index is 0.0999. The number of carbonyl (C=O) groups excluding carboxylic acids is 1. The number of alkyl halides is 3. The van der Waals surface area contributed by atoms with Crippen LogP contribution in [-0.4, -0.2) is 37.8 Å². The van der Waals surface area contributed by atoms with E-state index in [-0.39, 0.29) is 18.1 Å². The average Bonchev–Trinajstić information content (AvgIpc) is 3.12. The van der Waals surface area contributed by atoms with Crippen LogP contribution in [0.4, 0.5) is 18.9 Å². The fourth-order valence-corrected chi connectivity index (χ4v) is 2.99. The van der Waals surface area contributed by atoms with Crippen LogP contribution in [0.1, 0.15) is 12.5 Å². The van der Waals surface area contributed by atoms with Crippen LogP contribution in [0.3, 0.4) is 0 Å². The Labute approximate surface area is 164 Å². The Kier molecular flexibility index (Phi) is 5.41. The number of aryl methyl sites for hydroxylation is 1. The molecule has 9 heteroatoms. The largest absolute Gasteiger partial charge is 0.497 e. The van der Waals surface area contributed by atoms with Gasteiger partial charge in [0.05, 0.1) is 14.2 Å². The lowest BCUT2D eigenvalue weighted by molar-refractivity contribution is -0.170. The second-order valence-electron chi connectivity index (χ2n) is 6.28. The Morgan fingerprint density at radius 1 is 1.10 bits per heavy atom. The number of halogens is 3. The summed E-state index contributed by atoms with van der Waals surface area (Å²) in [6, 6.07) is 7.97. The zero-order valence-corrected chi connectivity index (χ0v) is 16.3. The molecule has 3 aromatic rings. The summed E-state index contributed by atoms with van der Waals surface area (Å²) >= 11 is 0. The number of hydrogen-bond acceptors (Lipinski definition) is 5. The second-order valence-corrected chi connectivity index (χ2v) is 6.28. The third-order valence-corrected chi connectivity index (χ3v) is 4.37. The van der Waals surface area contributed by atoms with Crippen LogP contribution in [0.15, 0.2) is 34.7 Å². The van der Waals surface area contributed by atoms with Gasteiger partial charge in [-0.05, 0) is 43.7 Å². The SMILES string of the molecule is CCN(C(=O)C(F)(F)F)c1cc(C)c2oc(-c3cc(OC)cc(OC)c3)nc2c1. The Hall–Kier alpha value is -3.23. The number of oxazole rings is 1. The number of amides is 1. The van der Waals surface area contributed by atoms with Crippen molar-refractivity contribution in [1.82, 2.24) is 4.98 Å². The fourth-order valence-electron chi connectivity index (χ4n) is 2.99. The van der Waals surface area contributed by atoms with Gasteiger partial charge in [-0.1, -0.05) is 0 Å². The number of carbonyl (C=O) groups is 1. The van der Waals surface area contributed by atoms with Gasteiger partial charge in [-0.15, -0.1) is 0 Å². The maximum Gasteiger partial charge on any atom is 0.471 e. The molecule has 0 atom stereocenters. The number of methoxy groups -OCH3 is 2. The Balaban J connectivity index is 2.10. The van der Waals surface area contributed by atoms with Crippen LogP contribution >= 0.6 is 0 Å². The molecule has 0 aliphatic heterocycles. The van der Waals surface area contributed by atoms with Gasteiger partial charge in [0.1, 0.15) is 17.0 Å². The number of fused-ring (bicyclic) bond motifs is 1. The number of benzene rings is 2. The maximum absolute atomic E-state index is 12.9. The summed E-state index contributed by atoms with van der Waals surface area (Å²) in [6.45, 7) is 3.01. The quantitative estimate of drug-likeness (QED) is 0.610. The van der Waals surface area contributed by atoms with E-state index in [4.69, 9.17) is 13.9 Å². The predicted octanol–water partition coefficient (Wildman–Crippen LogP) is 4.74. The van der Waals surface area contributed by atoms with Crippen molar-refractivity contribution < 1.29 is 31.9 Å². The highest BCUT2D eigenvalue weighted by Crippen LogP contribution is 2.34. The molecule has 29 heavy (non-hydrogen) atoms. The van der Waals surface area contributed by atoms with Gasteiger partial charge in [-0.2, -0.15) is 13.2 Å². The van der Waals surface area contributed by atoms with Crippen molar-refractivity contribution in [2.24, 2.45) is 0 Å². The summed E-state index contributed by atoms with van der Waals surface area (Å²) in [5.41, 5.74) is 1.99. The number of ether oxygens (including phenoxy) is 2. The van der Waals surface area contributed by atoms with Gasteiger partial charge >= 0.3 is 12.1 Å². The molecule has 0 radical (unpaired) electrons. The normalized spacial score (nSPS) is 11.6. The lowest BCUT2D eigenvalue weighted by Gasteiger charge is -2.22. The van der Waals surface area contributed by atoms with Crippen molar-refractivity contribution in [3.8, 4) is 23.0 Å². The molecule has 0 N–H and O–H groups in total. The standard InChI is InChI=1S/C20H19F3N2O4/c1-5-25(19(26)20(21,22)23)13-6-11(2)17-16(9-13)24-18(29-17)12-7-14(27-3)10-15(8-12)28-4/h6-10H,5H2,1-4H3. The van der Waals surface area contributed by atoms with Crippen molar-refractivity contribution in [3.63, 3.8) is 0 Å². The fraction of sp³-hybridized carbons (Fsp3) is 0.300. The topological polar surface area (TPSA) is 64.8 Å². The van der Waals surface area contributed by atoms with E-state index >= 15 is 0 Å². The van der Waals surface area contributed by atoms with E-state index in [1.54, 1.807) is 25.1 Å². The summed E-state index contributed by atoms with van der Waals surface area (Å²) in [7, 11) is 3.02. The molecular weight excluding hydrogens is 389 g/mol. The first-order chi connectivity index (χ1) is 13.7. The molecule has 0 saturated carbocycles. The van der Waals surface area contributed by atoms with E-state index in [9.17, 15) is 18.0 Å². The lowest BCUT2D eigenvalue weighted by Crippen LogP contribution is -2.41. The monoisotopic (exact) mass is 408 g/mol. The number of aromatic nitrogens is 1. The van der Waals surface area contributed by atoms with E-state index in [2.05, 4.69) is 4.98 Å². The Bertz CT molecular complexity index is 1040. The molecule has 1 heterocycles. The van der Waals surface area contributed by atoms with Crippen molar-refractivity contribution in [2.75, 3.05) is 25.7 Å². The molecule has 0 aliphatic carbocycles. The zero-order chi connectivity index (χ0) is 21.3. The van der Waals surface area contributed by atoms with E-state index in [1.165, 1.54) is 33.3 Å². The molecule has 1 aromatic heterocycles. The number of hydrogen-bond donors (Lipinski definition) is 0. The molecule has 6 nitrogen and oxygen atoms in total. The summed E-state index contributed by atoms with van der Waals surface area (Å²) in [5, 5.41) is 0. The summed E-state index contributed by atoms with van der Waals surface area (Å²) < 4.78 is 55.0. The molecule has 0 spiro atoms. The Morgan fingerprint density at radius 2 is 1.72 bits per heavy atom. The van der Waals surface area contributed by atoms with Crippen LogP contribution in [-0.2, 0) is 4.79 Å². The van der Waals surface area contributed by atoms with Crippen LogP contribution in [0.2, 0.25) is 0 Å². The first-order valence-electron chi connectivity index (χ1n) is 8.71. The highest BCUT2D eigenvalue weighted by Gasteiger charge is 2.42. The van der Waals surface area contributed by atoms with Crippen molar-refractivity contribution in [1.29, 1.82) is 0 Å². The molecule has 1 amide bonds. The van der Waals surface area contributed by atoms with E-state index in [0.29, 0.717) is 38.6 Å². The summed E-state index contributed by atoms with van der Waals surface area (Å²) in [5.74, 6) is -0.610. The van der Waals surface area contributed by atoms with Crippen LogP contribution in [0.5, 0.6) is 11.5 Å². The molecule has 154 valence electrons. The molecule has 0 bridgehead atoms. The van der Waals surface area contributed by atoms with E-state index < -0.39 is 12.1 Å². The van der Waals surface area contributed by atoms with Gasteiger partial charge < -0.3 is 18.8 Å². The molecule has 0 fully saturated rings. The maximum atomic E-state index is 12.9. The number of anilines is 1. The van der Waals surface area contributed by atoms with E-state index in [0.717, 1.165) is 0 Å². The molecular formula is C20H19F3N2O4. The van der Waals surface area contributed by atoms with Gasteiger partial charge in [-0.3, -0.25) is 4.79 Å². The van der Waals surface area contributed by atoms with Crippen LogP contribution in [0.25, 0.3) is 22.6 Å². The second kappa shape index (κ2) is 7.65. The molecule has 0 unspecified atom stereocenters. The smallest absolute Gasteiger partial charge is 0.471 e. The van der Waals surface area contributed by atoms with Gasteiger partial charge in [0.15, 0.2) is 5.58 Å². The van der Waals surface area contributed by atoms with Crippen molar-refractivity contribution >= 4 is 22.7 Å². The predicted molar refractivity (Wildman–Crippen MR) is 101 cm³/mol. The third-order valence-electron chi connectivity index (χ3n) is 4.37. The summed E-state index contributed by atoms with van der Waals surface area (Å²) in [6.07, 6.45) is -4.97. The molecule has 0 saturated heterocycles. The van der Waals surface area contributed by atoms with Crippen molar-refractivity contribution in [3.05, 3.63) is 35.9 Å². The van der Waals surface area contributed by atoms with Gasteiger partial charge in [0.2, 0.25) is 5.89 Å². The Morgan fingerprint density at radius 3 is 2.24 bits per heavy atom. The average molecular weight is 408 g/mol.